The van der Waals surface area contributed by atoms with E-state index in [1.807, 2.05) is 0 Å². The molecule has 2 N–H and O–H groups in total. The van der Waals surface area contributed by atoms with Crippen molar-refractivity contribution in [1.29, 1.82) is 0 Å². The van der Waals surface area contributed by atoms with Gasteiger partial charge in [0.05, 0.1) is 4.90 Å². The van der Waals surface area contributed by atoms with Gasteiger partial charge in [-0.1, -0.05) is 6.07 Å². The van der Waals surface area contributed by atoms with Gasteiger partial charge in [-0.3, -0.25) is 4.79 Å². The first-order valence-electron chi connectivity index (χ1n) is 6.18. The van der Waals surface area contributed by atoms with E-state index in [0.29, 0.717) is 17.9 Å². The minimum absolute atomic E-state index is 0.0281. The maximum Gasteiger partial charge on any atom is 0.330 e. The molecule has 1 unspecified atom stereocenters. The first-order valence-corrected chi connectivity index (χ1v) is 9.23. The molecule has 1 aromatic carbocycles. The van der Waals surface area contributed by atoms with E-state index in [0.717, 1.165) is 6.26 Å². The molecule has 8 heteroatoms. The van der Waals surface area contributed by atoms with Crippen molar-refractivity contribution in [3.8, 4) is 0 Å². The van der Waals surface area contributed by atoms with E-state index < -0.39 is 27.3 Å². The van der Waals surface area contributed by atoms with Crippen molar-refractivity contribution in [3.63, 3.8) is 0 Å². The van der Waals surface area contributed by atoms with Gasteiger partial charge < -0.3 is 10.4 Å². The Labute approximate surface area is 126 Å². The van der Waals surface area contributed by atoms with Gasteiger partial charge in [-0.05, 0) is 30.4 Å². The molecule has 1 heterocycles. The number of carboxylic acids is 1. The van der Waals surface area contributed by atoms with E-state index in [-0.39, 0.29) is 10.5 Å². The van der Waals surface area contributed by atoms with Crippen LogP contribution in [0.15, 0.2) is 29.2 Å². The first kappa shape index (κ1) is 15.8. The lowest BCUT2D eigenvalue weighted by Gasteiger charge is -2.24. The van der Waals surface area contributed by atoms with E-state index in [2.05, 4.69) is 5.32 Å². The second-order valence-corrected chi connectivity index (χ2v) is 8.06. The summed E-state index contributed by atoms with van der Waals surface area (Å²) in [4.78, 5) is 23.6. The molecule has 1 atom stereocenters. The molecule has 1 aliphatic rings. The summed E-state index contributed by atoms with van der Waals surface area (Å²) in [5, 5.41) is 11.9. The quantitative estimate of drug-likeness (QED) is 0.847. The zero-order valence-electron chi connectivity index (χ0n) is 11.3. The second kappa shape index (κ2) is 5.69. The smallest absolute Gasteiger partial charge is 0.330 e. The molecule has 1 fully saturated rings. The van der Waals surface area contributed by atoms with Crippen LogP contribution in [0.3, 0.4) is 0 Å². The summed E-state index contributed by atoms with van der Waals surface area (Å²) >= 11 is 1.46. The molecule has 6 nitrogen and oxygen atoms in total. The molecular formula is C13H15NO5S2. The van der Waals surface area contributed by atoms with E-state index in [1.54, 1.807) is 0 Å². The summed E-state index contributed by atoms with van der Waals surface area (Å²) < 4.78 is 23.0. The van der Waals surface area contributed by atoms with Gasteiger partial charge >= 0.3 is 5.97 Å². The maximum atomic E-state index is 12.2. The number of carboxylic acid groups (broad SMARTS) is 1. The highest BCUT2D eigenvalue weighted by molar-refractivity contribution is 7.99. The average molecular weight is 329 g/mol. The number of nitrogens with one attached hydrogen (secondary N) is 1. The number of hydrogen-bond acceptors (Lipinski definition) is 5. The lowest BCUT2D eigenvalue weighted by Crippen LogP contribution is -2.54. The number of benzene rings is 1. The molecular weight excluding hydrogens is 314 g/mol. The number of sulfone groups is 1. The van der Waals surface area contributed by atoms with Crippen LogP contribution in [0.2, 0.25) is 0 Å². The van der Waals surface area contributed by atoms with Crippen molar-refractivity contribution < 1.29 is 23.1 Å². The normalized spacial score (nSPS) is 22.0. The van der Waals surface area contributed by atoms with Crippen LogP contribution in [-0.4, -0.2) is 48.7 Å². The van der Waals surface area contributed by atoms with E-state index >= 15 is 0 Å². The van der Waals surface area contributed by atoms with Crippen molar-refractivity contribution in [1.82, 2.24) is 5.32 Å². The van der Waals surface area contributed by atoms with Crippen LogP contribution in [0.25, 0.3) is 0 Å². The van der Waals surface area contributed by atoms with E-state index in [9.17, 15) is 23.1 Å². The molecule has 1 aromatic rings. The van der Waals surface area contributed by atoms with Gasteiger partial charge in [0, 0.05) is 17.6 Å². The van der Waals surface area contributed by atoms with Gasteiger partial charge in [0.25, 0.3) is 5.91 Å². The fourth-order valence-electron chi connectivity index (χ4n) is 2.04. The minimum atomic E-state index is -3.42. The Morgan fingerprint density at radius 1 is 1.38 bits per heavy atom. The Morgan fingerprint density at radius 3 is 2.62 bits per heavy atom. The molecule has 0 bridgehead atoms. The molecule has 0 aliphatic carbocycles. The highest BCUT2D eigenvalue weighted by atomic mass is 32.2. The summed E-state index contributed by atoms with van der Waals surface area (Å²) in [5.41, 5.74) is -1.14. The number of hydrogen-bond donors (Lipinski definition) is 2. The summed E-state index contributed by atoms with van der Waals surface area (Å²) in [5.74, 6) is -0.680. The van der Waals surface area contributed by atoms with Gasteiger partial charge in [-0.25, -0.2) is 13.2 Å². The van der Waals surface area contributed by atoms with Gasteiger partial charge in [0.2, 0.25) is 0 Å². The fourth-order valence-corrected chi connectivity index (χ4v) is 4.04. The van der Waals surface area contributed by atoms with Gasteiger partial charge in [0.1, 0.15) is 5.54 Å². The molecule has 21 heavy (non-hydrogen) atoms. The van der Waals surface area contributed by atoms with Crippen molar-refractivity contribution in [2.24, 2.45) is 0 Å². The van der Waals surface area contributed by atoms with Crippen molar-refractivity contribution in [2.45, 2.75) is 16.9 Å². The van der Waals surface area contributed by atoms with Gasteiger partial charge in [-0.2, -0.15) is 11.8 Å². The van der Waals surface area contributed by atoms with Crippen LogP contribution < -0.4 is 5.32 Å². The molecule has 1 amide bonds. The number of aliphatic carboxylic acids is 1. The standard InChI is InChI=1S/C13H15NO5S2/c1-21(18,19)10-4-2-3-9(7-10)11(15)14-13(12(16)17)5-6-20-8-13/h2-4,7H,5-6,8H2,1H3,(H,14,15)(H,16,17). The Bertz CT molecular complexity index is 678. The Kier molecular flexibility index (Phi) is 4.29. The number of amides is 1. The van der Waals surface area contributed by atoms with Gasteiger partial charge in [0.15, 0.2) is 9.84 Å². The van der Waals surface area contributed by atoms with Crippen LogP contribution >= 0.6 is 11.8 Å². The lowest BCUT2D eigenvalue weighted by atomic mass is 9.98. The SMILES string of the molecule is CS(=O)(=O)c1cccc(C(=O)NC2(C(=O)O)CCSC2)c1. The molecule has 0 spiro atoms. The van der Waals surface area contributed by atoms with Crippen LogP contribution in [0.1, 0.15) is 16.8 Å². The monoisotopic (exact) mass is 329 g/mol. The van der Waals surface area contributed by atoms with Crippen LogP contribution in [0.5, 0.6) is 0 Å². The summed E-state index contributed by atoms with van der Waals surface area (Å²) in [6, 6.07) is 5.57. The minimum Gasteiger partial charge on any atom is -0.479 e. The Morgan fingerprint density at radius 2 is 2.10 bits per heavy atom. The van der Waals surface area contributed by atoms with Crippen molar-refractivity contribution in [2.75, 3.05) is 17.8 Å². The molecule has 0 radical (unpaired) electrons. The number of thioether (sulfide) groups is 1. The Balaban J connectivity index is 2.27. The lowest BCUT2D eigenvalue weighted by molar-refractivity contribution is -0.143. The molecule has 1 aliphatic heterocycles. The van der Waals surface area contributed by atoms with Crippen molar-refractivity contribution >= 4 is 33.5 Å². The summed E-state index contributed by atoms with van der Waals surface area (Å²) in [6.45, 7) is 0. The largest absolute Gasteiger partial charge is 0.479 e. The molecule has 114 valence electrons. The Hall–Kier alpha value is -1.54. The number of rotatable bonds is 4. The third kappa shape index (κ3) is 3.38. The highest BCUT2D eigenvalue weighted by Gasteiger charge is 2.43. The van der Waals surface area contributed by atoms with Crippen LogP contribution in [-0.2, 0) is 14.6 Å². The maximum absolute atomic E-state index is 12.2. The number of carbonyl (C=O) groups excluding carboxylic acids is 1. The predicted molar refractivity (Wildman–Crippen MR) is 79.3 cm³/mol. The zero-order chi connectivity index (χ0) is 15.7. The highest BCUT2D eigenvalue weighted by Crippen LogP contribution is 2.28. The van der Waals surface area contributed by atoms with E-state index in [4.69, 9.17) is 0 Å². The third-order valence-electron chi connectivity index (χ3n) is 3.31. The molecule has 0 aromatic heterocycles. The van der Waals surface area contributed by atoms with Gasteiger partial charge in [-0.15, -0.1) is 0 Å². The van der Waals surface area contributed by atoms with E-state index in [1.165, 1.54) is 36.0 Å². The average Bonchev–Trinajstić information content (AvgIpc) is 2.88. The third-order valence-corrected chi connectivity index (χ3v) is 5.61. The molecule has 1 saturated heterocycles. The van der Waals surface area contributed by atoms with Crippen LogP contribution in [0.4, 0.5) is 0 Å². The molecule has 2 rings (SSSR count). The summed E-state index contributed by atoms with van der Waals surface area (Å²) in [6.07, 6.45) is 1.40. The predicted octanol–water partition coefficient (Wildman–Crippen LogP) is 0.780. The van der Waals surface area contributed by atoms with Crippen molar-refractivity contribution in [3.05, 3.63) is 29.8 Å². The zero-order valence-corrected chi connectivity index (χ0v) is 13.0. The fraction of sp³-hybridized carbons (Fsp3) is 0.385. The van der Waals surface area contributed by atoms with Crippen LogP contribution in [0, 0.1) is 0 Å². The summed E-state index contributed by atoms with van der Waals surface area (Å²) in [7, 11) is -3.42. The topological polar surface area (TPSA) is 101 Å². The number of carbonyl (C=O) groups is 2. The second-order valence-electron chi connectivity index (χ2n) is 4.94. The first-order chi connectivity index (χ1) is 9.74. The molecule has 0 saturated carbocycles.